The maximum atomic E-state index is 11.2. The summed E-state index contributed by atoms with van der Waals surface area (Å²) in [7, 11) is -2.82. The van der Waals surface area contributed by atoms with Gasteiger partial charge in [0.15, 0.2) is 0 Å². The van der Waals surface area contributed by atoms with E-state index >= 15 is 0 Å². The minimum atomic E-state index is -2.82. The van der Waals surface area contributed by atoms with Crippen LogP contribution in [0.15, 0.2) is 42.5 Å². The molecule has 0 amide bonds. The van der Waals surface area contributed by atoms with Gasteiger partial charge < -0.3 is 4.90 Å². The molecular weight excluding hydrogens is 318 g/mol. The molecule has 0 spiro atoms. The van der Waals surface area contributed by atoms with E-state index in [1.165, 1.54) is 35.4 Å². The Morgan fingerprint density at radius 3 is 2.67 bits per heavy atom. The molecular formula is C20H27NO2S. The van der Waals surface area contributed by atoms with E-state index in [1.807, 2.05) is 0 Å². The molecule has 1 aliphatic heterocycles. The first-order valence-electron chi connectivity index (χ1n) is 8.91. The largest absolute Gasteiger partial charge is 0.300 e. The van der Waals surface area contributed by atoms with E-state index in [9.17, 15) is 8.42 Å². The first kappa shape index (κ1) is 17.4. The summed E-state index contributed by atoms with van der Waals surface area (Å²) in [6.07, 6.45) is 6.67. The number of unbranched alkanes of at least 4 members (excludes halogenated alkanes) is 1. The molecule has 2 aromatic rings. The summed E-state index contributed by atoms with van der Waals surface area (Å²) >= 11 is 0. The van der Waals surface area contributed by atoms with Crippen molar-refractivity contribution in [1.82, 2.24) is 4.90 Å². The fourth-order valence-electron chi connectivity index (χ4n) is 3.74. The second-order valence-corrected chi connectivity index (χ2v) is 9.31. The van der Waals surface area contributed by atoms with Gasteiger partial charge in [-0.05, 0) is 61.5 Å². The van der Waals surface area contributed by atoms with Gasteiger partial charge >= 0.3 is 0 Å². The van der Waals surface area contributed by atoms with Crippen molar-refractivity contribution in [3.05, 3.63) is 48.0 Å². The van der Waals surface area contributed by atoms with Gasteiger partial charge in [-0.3, -0.25) is 0 Å². The van der Waals surface area contributed by atoms with Crippen molar-refractivity contribution >= 4 is 20.6 Å². The topological polar surface area (TPSA) is 37.4 Å². The summed E-state index contributed by atoms with van der Waals surface area (Å²) in [5.74, 6) is 0.316. The smallest absolute Gasteiger partial charge is 0.147 e. The zero-order valence-electron chi connectivity index (χ0n) is 14.4. The molecule has 24 heavy (non-hydrogen) atoms. The summed E-state index contributed by atoms with van der Waals surface area (Å²) in [6, 6.07) is 15.9. The predicted molar refractivity (Wildman–Crippen MR) is 101 cm³/mol. The van der Waals surface area contributed by atoms with Gasteiger partial charge in [-0.1, -0.05) is 42.5 Å². The quantitative estimate of drug-likeness (QED) is 0.719. The maximum Gasteiger partial charge on any atom is 0.147 e. The van der Waals surface area contributed by atoms with Crippen LogP contribution >= 0.6 is 0 Å². The number of nitrogens with zero attached hydrogens (tertiary/aromatic N) is 1. The summed E-state index contributed by atoms with van der Waals surface area (Å²) in [4.78, 5) is 2.55. The normalized spacial score (nSPS) is 19.1. The average molecular weight is 346 g/mol. The van der Waals surface area contributed by atoms with Crippen LogP contribution in [0.2, 0.25) is 0 Å². The highest BCUT2D eigenvalue weighted by Crippen LogP contribution is 2.23. The first-order valence-corrected chi connectivity index (χ1v) is 11.0. The van der Waals surface area contributed by atoms with Crippen LogP contribution in [0.1, 0.15) is 31.2 Å². The van der Waals surface area contributed by atoms with Gasteiger partial charge in [-0.2, -0.15) is 0 Å². The van der Waals surface area contributed by atoms with Crippen LogP contribution in [0.3, 0.4) is 0 Å². The van der Waals surface area contributed by atoms with E-state index in [4.69, 9.17) is 0 Å². The SMILES string of the molecule is CS(=O)(=O)CCCCN1CCC[C@H]1Cc1ccc2ccccc2c1. The molecule has 2 aromatic carbocycles. The van der Waals surface area contributed by atoms with Crippen LogP contribution in [0.25, 0.3) is 10.8 Å². The molecule has 4 heteroatoms. The van der Waals surface area contributed by atoms with Crippen LogP contribution in [-0.2, 0) is 16.3 Å². The van der Waals surface area contributed by atoms with Crippen molar-refractivity contribution in [1.29, 1.82) is 0 Å². The van der Waals surface area contributed by atoms with E-state index in [0.29, 0.717) is 11.8 Å². The van der Waals surface area contributed by atoms with Crippen LogP contribution in [0.5, 0.6) is 0 Å². The Kier molecular flexibility index (Phi) is 5.57. The Morgan fingerprint density at radius 1 is 1.08 bits per heavy atom. The molecule has 1 saturated heterocycles. The minimum absolute atomic E-state index is 0.316. The molecule has 0 radical (unpaired) electrons. The molecule has 0 saturated carbocycles. The first-order chi connectivity index (χ1) is 11.5. The fraction of sp³-hybridized carbons (Fsp3) is 0.500. The summed E-state index contributed by atoms with van der Waals surface area (Å²) in [6.45, 7) is 2.17. The van der Waals surface area contributed by atoms with Crippen LogP contribution in [0.4, 0.5) is 0 Å². The zero-order chi connectivity index (χ0) is 17.0. The highest BCUT2D eigenvalue weighted by atomic mass is 32.2. The van der Waals surface area contributed by atoms with E-state index in [2.05, 4.69) is 47.4 Å². The molecule has 1 heterocycles. The number of likely N-dealkylation sites (tertiary alicyclic amines) is 1. The van der Waals surface area contributed by atoms with Gasteiger partial charge in [0.1, 0.15) is 9.84 Å². The maximum absolute atomic E-state index is 11.2. The Morgan fingerprint density at radius 2 is 1.88 bits per heavy atom. The summed E-state index contributed by atoms with van der Waals surface area (Å²) < 4.78 is 22.5. The summed E-state index contributed by atoms with van der Waals surface area (Å²) in [5, 5.41) is 2.61. The lowest BCUT2D eigenvalue weighted by atomic mass is 10.0. The second kappa shape index (κ2) is 7.66. The Labute approximate surface area is 145 Å². The van der Waals surface area contributed by atoms with E-state index < -0.39 is 9.84 Å². The lowest BCUT2D eigenvalue weighted by Crippen LogP contribution is -2.32. The minimum Gasteiger partial charge on any atom is -0.300 e. The van der Waals surface area contributed by atoms with Gasteiger partial charge in [0, 0.05) is 18.1 Å². The molecule has 0 aromatic heterocycles. The summed E-state index contributed by atoms with van der Waals surface area (Å²) in [5.41, 5.74) is 1.40. The Balaban J connectivity index is 1.56. The van der Waals surface area contributed by atoms with Gasteiger partial charge in [-0.15, -0.1) is 0 Å². The number of hydrogen-bond acceptors (Lipinski definition) is 3. The zero-order valence-corrected chi connectivity index (χ0v) is 15.3. The molecule has 3 rings (SSSR count). The number of fused-ring (bicyclic) bond motifs is 1. The van der Waals surface area contributed by atoms with Gasteiger partial charge in [-0.25, -0.2) is 8.42 Å². The van der Waals surface area contributed by atoms with Crippen molar-refractivity contribution in [2.24, 2.45) is 0 Å². The lowest BCUT2D eigenvalue weighted by Gasteiger charge is -2.24. The molecule has 130 valence electrons. The van der Waals surface area contributed by atoms with Crippen molar-refractivity contribution in [3.8, 4) is 0 Å². The number of benzene rings is 2. The predicted octanol–water partition coefficient (Wildman–Crippen LogP) is 3.67. The van der Waals surface area contributed by atoms with E-state index in [0.717, 1.165) is 32.4 Å². The van der Waals surface area contributed by atoms with E-state index in [1.54, 1.807) is 0 Å². The average Bonchev–Trinajstić information content (AvgIpc) is 2.98. The molecule has 1 fully saturated rings. The molecule has 1 atom stereocenters. The number of rotatable bonds is 7. The highest BCUT2D eigenvalue weighted by molar-refractivity contribution is 7.90. The van der Waals surface area contributed by atoms with Gasteiger partial charge in [0.05, 0.1) is 0 Å². The van der Waals surface area contributed by atoms with Crippen molar-refractivity contribution in [2.45, 2.75) is 38.1 Å². The molecule has 3 nitrogen and oxygen atoms in total. The van der Waals surface area contributed by atoms with Crippen molar-refractivity contribution in [3.63, 3.8) is 0 Å². The van der Waals surface area contributed by atoms with Crippen molar-refractivity contribution in [2.75, 3.05) is 25.1 Å². The van der Waals surface area contributed by atoms with Crippen molar-refractivity contribution < 1.29 is 8.42 Å². The molecule has 1 aliphatic rings. The van der Waals surface area contributed by atoms with Crippen LogP contribution in [-0.4, -0.2) is 44.5 Å². The third-order valence-corrected chi connectivity index (χ3v) is 6.02. The second-order valence-electron chi connectivity index (χ2n) is 7.05. The van der Waals surface area contributed by atoms with E-state index in [-0.39, 0.29) is 0 Å². The highest BCUT2D eigenvalue weighted by Gasteiger charge is 2.24. The monoisotopic (exact) mass is 345 g/mol. The van der Waals surface area contributed by atoms with Crippen LogP contribution in [0, 0.1) is 0 Å². The number of hydrogen-bond donors (Lipinski definition) is 0. The Bertz CT molecular complexity index is 785. The molecule has 0 bridgehead atoms. The standard InChI is InChI=1S/C20H27NO2S/c1-24(22,23)14-5-4-12-21-13-6-9-20(21)16-17-10-11-18-7-2-3-8-19(18)15-17/h2-3,7-8,10-11,15,20H,4-6,9,12-14,16H2,1H3/t20-/m0/s1. The Hall–Kier alpha value is -1.39. The lowest BCUT2D eigenvalue weighted by molar-refractivity contribution is 0.249. The fourth-order valence-corrected chi connectivity index (χ4v) is 4.47. The third-order valence-electron chi connectivity index (χ3n) is 4.99. The molecule has 0 aliphatic carbocycles. The molecule has 0 N–H and O–H groups in total. The number of sulfone groups is 1. The third kappa shape index (κ3) is 4.81. The molecule has 0 unspecified atom stereocenters. The van der Waals surface area contributed by atoms with Gasteiger partial charge in [0.2, 0.25) is 0 Å². The van der Waals surface area contributed by atoms with Gasteiger partial charge in [0.25, 0.3) is 0 Å². The van der Waals surface area contributed by atoms with Crippen LogP contribution < -0.4 is 0 Å².